The predicted octanol–water partition coefficient (Wildman–Crippen LogP) is 5.39. The Balaban J connectivity index is 1.44. The number of nitrogens with zero attached hydrogens (tertiary/aromatic N) is 1. The summed E-state index contributed by atoms with van der Waals surface area (Å²) in [5.41, 5.74) is 4.90. The van der Waals surface area contributed by atoms with Crippen molar-refractivity contribution in [2.24, 2.45) is 0 Å². The van der Waals surface area contributed by atoms with Crippen LogP contribution in [-0.2, 0) is 0 Å². The van der Waals surface area contributed by atoms with Gasteiger partial charge >= 0.3 is 0 Å². The topological polar surface area (TPSA) is 44.5 Å². The maximum Gasteiger partial charge on any atom is 0.231 e. The highest BCUT2D eigenvalue weighted by Crippen LogP contribution is 2.33. The molecule has 4 aromatic rings. The SMILES string of the molecule is C(=C\c1nc2cc(-c3ccccc3)ccc2o1)/c1ccc2c(c1)OCO2. The zero-order valence-electron chi connectivity index (χ0n) is 13.9. The zero-order chi connectivity index (χ0) is 17.3. The van der Waals surface area contributed by atoms with E-state index in [2.05, 4.69) is 17.1 Å². The van der Waals surface area contributed by atoms with Gasteiger partial charge in [-0.05, 0) is 47.0 Å². The summed E-state index contributed by atoms with van der Waals surface area (Å²) in [6, 6.07) is 22.1. The first-order valence-corrected chi connectivity index (χ1v) is 8.39. The third kappa shape index (κ3) is 2.71. The molecule has 0 spiro atoms. The molecule has 4 nitrogen and oxygen atoms in total. The summed E-state index contributed by atoms with van der Waals surface area (Å²) in [5, 5.41) is 0. The van der Waals surface area contributed by atoms with Gasteiger partial charge in [0, 0.05) is 6.08 Å². The maximum absolute atomic E-state index is 5.82. The molecule has 0 saturated heterocycles. The second kappa shape index (κ2) is 6.08. The Labute approximate surface area is 150 Å². The Morgan fingerprint density at radius 2 is 1.65 bits per heavy atom. The quantitative estimate of drug-likeness (QED) is 0.501. The molecule has 1 aromatic heterocycles. The fraction of sp³-hybridized carbons (Fsp3) is 0.0455. The van der Waals surface area contributed by atoms with E-state index < -0.39 is 0 Å². The smallest absolute Gasteiger partial charge is 0.231 e. The lowest BCUT2D eigenvalue weighted by Crippen LogP contribution is -1.92. The molecular formula is C22H15NO3. The Morgan fingerprint density at radius 3 is 2.58 bits per heavy atom. The summed E-state index contributed by atoms with van der Waals surface area (Å²) in [6.07, 6.45) is 3.81. The standard InChI is InChI=1S/C22H15NO3/c1-2-4-16(5-3-1)17-8-10-19-18(13-17)23-22(26-19)11-7-15-6-9-20-21(12-15)25-14-24-20/h1-13H,14H2/b11-7+. The molecule has 1 aliphatic heterocycles. The summed E-state index contributed by atoms with van der Waals surface area (Å²) in [4.78, 5) is 4.58. The second-order valence-corrected chi connectivity index (χ2v) is 6.05. The number of hydrogen-bond acceptors (Lipinski definition) is 4. The lowest BCUT2D eigenvalue weighted by molar-refractivity contribution is 0.174. The van der Waals surface area contributed by atoms with Crippen LogP contribution in [0.5, 0.6) is 11.5 Å². The van der Waals surface area contributed by atoms with E-state index in [9.17, 15) is 0 Å². The highest BCUT2D eigenvalue weighted by molar-refractivity contribution is 5.82. The van der Waals surface area contributed by atoms with Gasteiger partial charge in [0.15, 0.2) is 17.1 Å². The van der Waals surface area contributed by atoms with Crippen LogP contribution in [0.15, 0.2) is 71.1 Å². The Morgan fingerprint density at radius 1 is 0.769 bits per heavy atom. The summed E-state index contributed by atoms with van der Waals surface area (Å²) >= 11 is 0. The number of benzene rings is 3. The van der Waals surface area contributed by atoms with E-state index in [1.54, 1.807) is 0 Å². The van der Waals surface area contributed by atoms with Gasteiger partial charge in [0.05, 0.1) is 0 Å². The van der Waals surface area contributed by atoms with Crippen molar-refractivity contribution in [3.05, 3.63) is 78.2 Å². The zero-order valence-corrected chi connectivity index (χ0v) is 13.9. The lowest BCUT2D eigenvalue weighted by Gasteiger charge is -1.99. The molecule has 0 bridgehead atoms. The molecule has 0 radical (unpaired) electrons. The minimum absolute atomic E-state index is 0.275. The third-order valence-electron chi connectivity index (χ3n) is 4.33. The first kappa shape index (κ1) is 14.8. The minimum Gasteiger partial charge on any atom is -0.454 e. The monoisotopic (exact) mass is 341 g/mol. The largest absolute Gasteiger partial charge is 0.454 e. The highest BCUT2D eigenvalue weighted by Gasteiger charge is 2.12. The molecule has 5 rings (SSSR count). The average Bonchev–Trinajstić information content (AvgIpc) is 3.32. The molecular weight excluding hydrogens is 326 g/mol. The van der Waals surface area contributed by atoms with Crippen LogP contribution < -0.4 is 9.47 Å². The minimum atomic E-state index is 0.275. The van der Waals surface area contributed by atoms with E-state index in [-0.39, 0.29) is 6.79 Å². The van der Waals surface area contributed by atoms with Gasteiger partial charge in [-0.2, -0.15) is 0 Å². The Bertz CT molecular complexity index is 1110. The normalized spacial score (nSPS) is 12.9. The number of oxazole rings is 1. The Hall–Kier alpha value is -3.53. The van der Waals surface area contributed by atoms with Gasteiger partial charge in [-0.3, -0.25) is 0 Å². The molecule has 4 heteroatoms. The molecule has 26 heavy (non-hydrogen) atoms. The van der Waals surface area contributed by atoms with Crippen molar-refractivity contribution in [3.8, 4) is 22.6 Å². The van der Waals surface area contributed by atoms with E-state index in [4.69, 9.17) is 13.9 Å². The maximum atomic E-state index is 5.82. The number of ether oxygens (including phenoxy) is 2. The summed E-state index contributed by atoms with van der Waals surface area (Å²) < 4.78 is 16.5. The van der Waals surface area contributed by atoms with Crippen LogP contribution in [0.4, 0.5) is 0 Å². The summed E-state index contributed by atoms with van der Waals surface area (Å²) in [7, 11) is 0. The van der Waals surface area contributed by atoms with Crippen molar-refractivity contribution < 1.29 is 13.9 Å². The molecule has 0 N–H and O–H groups in total. The van der Waals surface area contributed by atoms with E-state index >= 15 is 0 Å². The second-order valence-electron chi connectivity index (χ2n) is 6.05. The van der Waals surface area contributed by atoms with Gasteiger partial charge in [-0.1, -0.05) is 42.5 Å². The lowest BCUT2D eigenvalue weighted by atomic mass is 10.1. The highest BCUT2D eigenvalue weighted by atomic mass is 16.7. The fourth-order valence-corrected chi connectivity index (χ4v) is 3.01. The summed E-state index contributed by atoms with van der Waals surface area (Å²) in [6.45, 7) is 0.275. The van der Waals surface area contributed by atoms with Crippen molar-refractivity contribution in [1.82, 2.24) is 4.98 Å². The first-order valence-electron chi connectivity index (χ1n) is 8.39. The van der Waals surface area contributed by atoms with Gasteiger partial charge < -0.3 is 13.9 Å². The van der Waals surface area contributed by atoms with Gasteiger partial charge in [0.1, 0.15) is 5.52 Å². The van der Waals surface area contributed by atoms with Crippen LogP contribution in [-0.4, -0.2) is 11.8 Å². The van der Waals surface area contributed by atoms with E-state index in [1.807, 2.05) is 66.7 Å². The number of aromatic nitrogens is 1. The molecule has 0 amide bonds. The van der Waals surface area contributed by atoms with E-state index in [0.717, 1.165) is 39.3 Å². The molecule has 3 aromatic carbocycles. The van der Waals surface area contributed by atoms with Crippen LogP contribution in [0.1, 0.15) is 11.5 Å². The predicted molar refractivity (Wildman–Crippen MR) is 101 cm³/mol. The van der Waals surface area contributed by atoms with Crippen molar-refractivity contribution >= 4 is 23.3 Å². The Kier molecular flexibility index (Phi) is 3.46. The molecule has 126 valence electrons. The molecule has 1 aliphatic rings. The van der Waals surface area contributed by atoms with Crippen molar-refractivity contribution in [2.45, 2.75) is 0 Å². The van der Waals surface area contributed by atoms with Gasteiger partial charge in [-0.25, -0.2) is 4.98 Å². The number of fused-ring (bicyclic) bond motifs is 2. The van der Waals surface area contributed by atoms with E-state index in [1.165, 1.54) is 0 Å². The van der Waals surface area contributed by atoms with Gasteiger partial charge in [0.25, 0.3) is 0 Å². The van der Waals surface area contributed by atoms with E-state index in [0.29, 0.717) is 5.89 Å². The molecule has 0 atom stereocenters. The first-order chi connectivity index (χ1) is 12.8. The van der Waals surface area contributed by atoms with Crippen LogP contribution >= 0.6 is 0 Å². The number of rotatable bonds is 3. The molecule has 0 unspecified atom stereocenters. The summed E-state index contributed by atoms with van der Waals surface area (Å²) in [5.74, 6) is 2.11. The van der Waals surface area contributed by atoms with Crippen LogP contribution in [0, 0.1) is 0 Å². The average molecular weight is 341 g/mol. The van der Waals surface area contributed by atoms with Crippen LogP contribution in [0.25, 0.3) is 34.4 Å². The van der Waals surface area contributed by atoms with Crippen LogP contribution in [0.2, 0.25) is 0 Å². The van der Waals surface area contributed by atoms with Crippen molar-refractivity contribution in [3.63, 3.8) is 0 Å². The third-order valence-corrected chi connectivity index (χ3v) is 4.33. The fourth-order valence-electron chi connectivity index (χ4n) is 3.01. The molecule has 0 saturated carbocycles. The van der Waals surface area contributed by atoms with Crippen molar-refractivity contribution in [2.75, 3.05) is 6.79 Å². The molecule has 0 fully saturated rings. The van der Waals surface area contributed by atoms with Crippen molar-refractivity contribution in [1.29, 1.82) is 0 Å². The molecule has 0 aliphatic carbocycles. The van der Waals surface area contributed by atoms with Crippen LogP contribution in [0.3, 0.4) is 0 Å². The molecule has 2 heterocycles. The van der Waals surface area contributed by atoms with Gasteiger partial charge in [0.2, 0.25) is 12.7 Å². The number of hydrogen-bond donors (Lipinski definition) is 0. The van der Waals surface area contributed by atoms with Gasteiger partial charge in [-0.15, -0.1) is 0 Å².